The van der Waals surface area contributed by atoms with Gasteiger partial charge < -0.3 is 0 Å². The van der Waals surface area contributed by atoms with Crippen molar-refractivity contribution in [2.75, 3.05) is 0 Å². The van der Waals surface area contributed by atoms with Gasteiger partial charge in [0.15, 0.2) is 0 Å². The SMILES string of the molecule is CC(C)c1nc2ccc(I)cc2n1I. The lowest BCUT2D eigenvalue weighted by atomic mass is 10.2. The second-order valence-corrected chi connectivity index (χ2v) is 5.75. The number of rotatable bonds is 1. The van der Waals surface area contributed by atoms with E-state index in [1.54, 1.807) is 0 Å². The number of hydrogen-bond acceptors (Lipinski definition) is 1. The highest BCUT2D eigenvalue weighted by molar-refractivity contribution is 14.1. The molecule has 2 aromatic rings. The maximum atomic E-state index is 4.61. The number of imidazole rings is 1. The van der Waals surface area contributed by atoms with Crippen molar-refractivity contribution >= 4 is 56.5 Å². The van der Waals surface area contributed by atoms with Crippen LogP contribution in [0.1, 0.15) is 25.6 Å². The topological polar surface area (TPSA) is 17.8 Å². The average Bonchev–Trinajstić information content (AvgIpc) is 2.44. The maximum absolute atomic E-state index is 4.61. The van der Waals surface area contributed by atoms with Crippen LogP contribution in [0.3, 0.4) is 0 Å². The van der Waals surface area contributed by atoms with Crippen LogP contribution in [-0.4, -0.2) is 7.76 Å². The molecule has 0 aliphatic rings. The summed E-state index contributed by atoms with van der Waals surface area (Å²) in [5.41, 5.74) is 2.30. The van der Waals surface area contributed by atoms with E-state index in [9.17, 15) is 0 Å². The summed E-state index contributed by atoms with van der Waals surface area (Å²) in [4.78, 5) is 4.61. The fourth-order valence-electron chi connectivity index (χ4n) is 1.39. The van der Waals surface area contributed by atoms with Crippen LogP contribution in [0.25, 0.3) is 11.0 Å². The molecule has 0 radical (unpaired) electrons. The van der Waals surface area contributed by atoms with E-state index in [2.05, 4.69) is 85.3 Å². The zero-order valence-electron chi connectivity index (χ0n) is 7.96. The quantitative estimate of drug-likeness (QED) is 0.649. The molecule has 0 aliphatic carbocycles. The lowest BCUT2D eigenvalue weighted by Crippen LogP contribution is -1.94. The Morgan fingerprint density at radius 3 is 2.71 bits per heavy atom. The van der Waals surface area contributed by atoms with Crippen LogP contribution < -0.4 is 0 Å². The third-order valence-electron chi connectivity index (χ3n) is 2.10. The standard InChI is InChI=1S/C10H10I2N2/c1-6(2)10-13-8-4-3-7(11)5-9(8)14(10)12/h3-6H,1-2H3. The van der Waals surface area contributed by atoms with Gasteiger partial charge in [-0.25, -0.2) is 4.98 Å². The molecule has 0 amide bonds. The Kier molecular flexibility index (Phi) is 3.01. The third-order valence-corrected chi connectivity index (χ3v) is 3.79. The van der Waals surface area contributed by atoms with Gasteiger partial charge in [0.1, 0.15) is 5.82 Å². The number of benzene rings is 1. The minimum Gasteiger partial charge on any atom is -0.268 e. The molecule has 0 saturated carbocycles. The normalized spacial score (nSPS) is 11.5. The van der Waals surface area contributed by atoms with Crippen LogP contribution in [0.4, 0.5) is 0 Å². The van der Waals surface area contributed by atoms with Gasteiger partial charge in [-0.2, -0.15) is 0 Å². The molecule has 0 unspecified atom stereocenters. The molecule has 1 aromatic carbocycles. The molecule has 74 valence electrons. The van der Waals surface area contributed by atoms with Crippen molar-refractivity contribution in [3.63, 3.8) is 0 Å². The molecule has 0 saturated heterocycles. The fourth-order valence-corrected chi connectivity index (χ4v) is 2.92. The average molecular weight is 412 g/mol. The molecule has 0 aliphatic heterocycles. The summed E-state index contributed by atoms with van der Waals surface area (Å²) in [6.07, 6.45) is 0. The number of halogens is 2. The molecule has 1 heterocycles. The Bertz CT molecular complexity index is 474. The van der Waals surface area contributed by atoms with Crippen molar-refractivity contribution in [3.8, 4) is 0 Å². The predicted molar refractivity (Wildman–Crippen MR) is 76.0 cm³/mol. The first-order valence-corrected chi connectivity index (χ1v) is 6.48. The van der Waals surface area contributed by atoms with E-state index in [1.807, 2.05) is 0 Å². The highest BCUT2D eigenvalue weighted by atomic mass is 127. The molecule has 1 aromatic heterocycles. The van der Waals surface area contributed by atoms with Gasteiger partial charge in [-0.15, -0.1) is 0 Å². The summed E-state index contributed by atoms with van der Waals surface area (Å²) in [6, 6.07) is 6.34. The molecular weight excluding hydrogens is 402 g/mol. The summed E-state index contributed by atoms with van der Waals surface area (Å²) >= 11 is 4.64. The van der Waals surface area contributed by atoms with E-state index < -0.39 is 0 Å². The van der Waals surface area contributed by atoms with Crippen LogP contribution in [0.5, 0.6) is 0 Å². The monoisotopic (exact) mass is 412 g/mol. The van der Waals surface area contributed by atoms with Crippen molar-refractivity contribution in [1.82, 2.24) is 7.76 Å². The van der Waals surface area contributed by atoms with Gasteiger partial charge in [-0.3, -0.25) is 2.78 Å². The molecule has 0 atom stereocenters. The first-order valence-electron chi connectivity index (χ1n) is 4.43. The smallest absolute Gasteiger partial charge is 0.121 e. The first-order chi connectivity index (χ1) is 6.59. The molecule has 4 heteroatoms. The van der Waals surface area contributed by atoms with Crippen molar-refractivity contribution < 1.29 is 0 Å². The summed E-state index contributed by atoms with van der Waals surface area (Å²) in [5, 5.41) is 0. The van der Waals surface area contributed by atoms with E-state index in [0.717, 1.165) is 11.3 Å². The first kappa shape index (κ1) is 10.7. The largest absolute Gasteiger partial charge is 0.268 e. The van der Waals surface area contributed by atoms with Crippen molar-refractivity contribution in [1.29, 1.82) is 0 Å². The molecule has 0 fully saturated rings. The second-order valence-electron chi connectivity index (χ2n) is 3.54. The Balaban J connectivity index is 2.74. The summed E-state index contributed by atoms with van der Waals surface area (Å²) < 4.78 is 3.41. The summed E-state index contributed by atoms with van der Waals surface area (Å²) in [5.74, 6) is 1.61. The van der Waals surface area contributed by atoms with Crippen molar-refractivity contribution in [2.24, 2.45) is 0 Å². The number of nitrogens with zero attached hydrogens (tertiary/aromatic N) is 2. The highest BCUT2D eigenvalue weighted by Crippen LogP contribution is 2.25. The Morgan fingerprint density at radius 1 is 1.36 bits per heavy atom. The van der Waals surface area contributed by atoms with Gasteiger partial charge in [-0.1, -0.05) is 13.8 Å². The summed E-state index contributed by atoms with van der Waals surface area (Å²) in [7, 11) is 0. The van der Waals surface area contributed by atoms with Gasteiger partial charge in [0, 0.05) is 9.49 Å². The molecular formula is C10H10I2N2. The predicted octanol–water partition coefficient (Wildman–Crippen LogP) is 3.96. The highest BCUT2D eigenvalue weighted by Gasteiger charge is 2.11. The van der Waals surface area contributed by atoms with E-state index in [1.165, 1.54) is 9.09 Å². The Morgan fingerprint density at radius 2 is 2.07 bits per heavy atom. The van der Waals surface area contributed by atoms with Gasteiger partial charge in [0.05, 0.1) is 33.9 Å². The van der Waals surface area contributed by atoms with Crippen molar-refractivity contribution in [3.05, 3.63) is 27.6 Å². The third kappa shape index (κ3) is 1.78. The van der Waals surface area contributed by atoms with Crippen molar-refractivity contribution in [2.45, 2.75) is 19.8 Å². The maximum Gasteiger partial charge on any atom is 0.121 e. The molecule has 0 spiro atoms. The van der Waals surface area contributed by atoms with Gasteiger partial charge >= 0.3 is 0 Å². The van der Waals surface area contributed by atoms with Crippen LogP contribution in [0, 0.1) is 3.57 Å². The number of aromatic nitrogens is 2. The van der Waals surface area contributed by atoms with Crippen LogP contribution in [0.15, 0.2) is 18.2 Å². The zero-order chi connectivity index (χ0) is 10.3. The van der Waals surface area contributed by atoms with Crippen LogP contribution in [-0.2, 0) is 0 Å². The number of hydrogen-bond donors (Lipinski definition) is 0. The lowest BCUT2D eigenvalue weighted by Gasteiger charge is -2.02. The molecule has 14 heavy (non-hydrogen) atoms. The summed E-state index contributed by atoms with van der Waals surface area (Å²) in [6.45, 7) is 4.34. The van der Waals surface area contributed by atoms with Crippen LogP contribution >= 0.6 is 45.5 Å². The van der Waals surface area contributed by atoms with E-state index in [4.69, 9.17) is 0 Å². The lowest BCUT2D eigenvalue weighted by molar-refractivity contribution is 0.793. The number of fused-ring (bicyclic) bond motifs is 1. The Hall–Kier alpha value is 0.150. The molecule has 2 nitrogen and oxygen atoms in total. The molecule has 0 bridgehead atoms. The minimum atomic E-state index is 0.469. The van der Waals surface area contributed by atoms with E-state index >= 15 is 0 Å². The van der Waals surface area contributed by atoms with Crippen LogP contribution in [0.2, 0.25) is 0 Å². The Labute approximate surface area is 111 Å². The van der Waals surface area contributed by atoms with Gasteiger partial charge in [0.25, 0.3) is 0 Å². The van der Waals surface area contributed by atoms with E-state index in [0.29, 0.717) is 5.92 Å². The minimum absolute atomic E-state index is 0.469. The van der Waals surface area contributed by atoms with Gasteiger partial charge in [-0.05, 0) is 40.8 Å². The second kappa shape index (κ2) is 3.96. The molecule has 2 rings (SSSR count). The fraction of sp³-hybridized carbons (Fsp3) is 0.300. The molecule has 0 N–H and O–H groups in total. The van der Waals surface area contributed by atoms with Gasteiger partial charge in [0.2, 0.25) is 0 Å². The van der Waals surface area contributed by atoms with E-state index in [-0.39, 0.29) is 0 Å². The zero-order valence-corrected chi connectivity index (χ0v) is 12.3.